The van der Waals surface area contributed by atoms with E-state index in [2.05, 4.69) is 21.3 Å². The topological polar surface area (TPSA) is 374 Å². The molecule has 322 valence electrons. The Labute approximate surface area is 327 Å². The van der Waals surface area contributed by atoms with Crippen LogP contribution in [-0.2, 0) is 47.9 Å². The van der Waals surface area contributed by atoms with Crippen LogP contribution in [0.3, 0.4) is 0 Å². The molecular weight excluding hydrogens is 762 g/mol. The summed E-state index contributed by atoms with van der Waals surface area (Å²) >= 11 is 0. The summed E-state index contributed by atoms with van der Waals surface area (Å²) in [5.74, 6) is -9.72. The van der Waals surface area contributed by atoms with Crippen LogP contribution in [0.15, 0.2) is 0 Å². The van der Waals surface area contributed by atoms with Gasteiger partial charge in [0.1, 0.15) is 25.7 Å². The Balaban J connectivity index is 3.13. The SMILES string of the molecule is NCCCC[C@H]1CNC(=O)CN([O-])C(=O)CC(=O)NCCCN(C(=O)CC(=O)N[O-])CCCCN(C(=O)CC(=O)N[O-])CCCNC(=O)CC(=O)N([O-])CC(=O)N1. The van der Waals surface area contributed by atoms with Gasteiger partial charge in [-0.3, -0.25) is 47.9 Å². The van der Waals surface area contributed by atoms with Gasteiger partial charge in [-0.1, -0.05) is 6.42 Å². The lowest BCUT2D eigenvalue weighted by Gasteiger charge is -2.29. The highest BCUT2D eigenvalue weighted by Gasteiger charge is 2.21. The first-order valence-electron chi connectivity index (χ1n) is 18.2. The summed E-state index contributed by atoms with van der Waals surface area (Å²) in [6.45, 7) is -2.10. The summed E-state index contributed by atoms with van der Waals surface area (Å²) in [5.41, 5.74) is 7.73. The van der Waals surface area contributed by atoms with Crippen molar-refractivity contribution in [3.05, 3.63) is 20.8 Å². The standard InChI is InChI=1S/C32H51N11O14/c33-8-2-1-7-22-19-36-27(48)20-42(56)31(52)15-23(44)34-9-5-13-40(29(50)17-25(46)38-54)11-3-4-12-41(30(51)18-26(47)39-55)14-6-10-35-24(45)16-32(53)43(57)21-28(49)37-22/h22H,1-21,33H2,(H6-2,34,35,36,37,38,39,44,45,46,47,48,49,54,55)/q-4/t22-/m0/s1. The first kappa shape index (κ1) is 49.5. The Morgan fingerprint density at radius 2 is 1.07 bits per heavy atom. The van der Waals surface area contributed by atoms with Gasteiger partial charge in [0.05, 0.1) is 13.1 Å². The highest BCUT2D eigenvalue weighted by Crippen LogP contribution is 2.06. The number of nitrogens with one attached hydrogen (secondary N) is 6. The van der Waals surface area contributed by atoms with Crippen LogP contribution in [0.25, 0.3) is 0 Å². The molecule has 1 aliphatic rings. The lowest BCUT2D eigenvalue weighted by molar-refractivity contribution is -0.138. The number of carbonyl (C=O) groups is 10. The molecule has 10 amide bonds. The number of nitrogens with two attached hydrogens (primary N) is 1. The smallest absolute Gasteiger partial charge is 0.239 e. The van der Waals surface area contributed by atoms with Gasteiger partial charge in [-0.25, -0.2) is 0 Å². The van der Waals surface area contributed by atoms with E-state index in [-0.39, 0.29) is 88.0 Å². The van der Waals surface area contributed by atoms with Crippen LogP contribution in [0.1, 0.15) is 70.6 Å². The number of carbonyl (C=O) groups excluding carboxylic acids is 10. The summed E-state index contributed by atoms with van der Waals surface area (Å²) in [5, 5.41) is 55.3. The molecule has 8 N–H and O–H groups in total. The maximum atomic E-state index is 12.7. The molecular formula is C32H51N11O14-4. The minimum absolute atomic E-state index is 0.0179. The van der Waals surface area contributed by atoms with Crippen LogP contribution in [0.4, 0.5) is 0 Å². The Hall–Kier alpha value is -5.50. The van der Waals surface area contributed by atoms with Crippen molar-refractivity contribution < 1.29 is 47.9 Å². The molecule has 1 fully saturated rings. The van der Waals surface area contributed by atoms with Gasteiger partial charge in [0, 0.05) is 51.9 Å². The summed E-state index contributed by atoms with van der Waals surface area (Å²) in [4.78, 5) is 126. The lowest BCUT2D eigenvalue weighted by atomic mass is 10.1. The fraction of sp³-hybridized carbons (Fsp3) is 0.688. The highest BCUT2D eigenvalue weighted by atomic mass is 16.5. The summed E-state index contributed by atoms with van der Waals surface area (Å²) in [6.07, 6.45) is -1.44. The molecule has 0 unspecified atom stereocenters. The summed E-state index contributed by atoms with van der Waals surface area (Å²) < 4.78 is 0. The number of hydrogen-bond acceptors (Lipinski definition) is 15. The Morgan fingerprint density at radius 1 is 0.632 bits per heavy atom. The molecule has 0 aromatic rings. The van der Waals surface area contributed by atoms with Crippen molar-refractivity contribution in [1.82, 2.24) is 52.2 Å². The number of nitrogens with zero attached hydrogens (tertiary/aromatic N) is 4. The quantitative estimate of drug-likeness (QED) is 0.0691. The number of rotatable bonds is 8. The maximum Gasteiger partial charge on any atom is 0.239 e. The van der Waals surface area contributed by atoms with Crippen molar-refractivity contribution >= 4 is 59.1 Å². The fourth-order valence-electron chi connectivity index (χ4n) is 5.23. The first-order chi connectivity index (χ1) is 27.1. The van der Waals surface area contributed by atoms with Gasteiger partial charge >= 0.3 is 0 Å². The third kappa shape index (κ3) is 22.0. The van der Waals surface area contributed by atoms with Crippen LogP contribution in [0.5, 0.6) is 0 Å². The van der Waals surface area contributed by atoms with Crippen LogP contribution >= 0.6 is 0 Å². The molecule has 0 aromatic carbocycles. The zero-order chi connectivity index (χ0) is 42.8. The number of amides is 10. The van der Waals surface area contributed by atoms with E-state index >= 15 is 0 Å². The van der Waals surface area contributed by atoms with E-state index in [9.17, 15) is 68.8 Å². The molecule has 25 heteroatoms. The molecule has 1 rings (SSSR count). The van der Waals surface area contributed by atoms with Gasteiger partial charge in [-0.05, 0) is 45.1 Å². The molecule has 0 aliphatic carbocycles. The van der Waals surface area contributed by atoms with E-state index in [1.165, 1.54) is 9.80 Å². The van der Waals surface area contributed by atoms with Gasteiger partial charge in [0.2, 0.25) is 59.1 Å². The minimum atomic E-state index is -1.24. The van der Waals surface area contributed by atoms with Crippen molar-refractivity contribution in [2.24, 2.45) is 5.73 Å². The normalized spacial score (nSPS) is 19.1. The van der Waals surface area contributed by atoms with Crippen molar-refractivity contribution in [3.8, 4) is 0 Å². The largest absolute Gasteiger partial charge is 0.759 e. The molecule has 0 aromatic heterocycles. The molecule has 1 aliphatic heterocycles. The molecule has 0 spiro atoms. The molecule has 1 atom stereocenters. The van der Waals surface area contributed by atoms with Crippen LogP contribution in [-0.4, -0.2) is 150 Å². The predicted molar refractivity (Wildman–Crippen MR) is 197 cm³/mol. The van der Waals surface area contributed by atoms with Crippen molar-refractivity contribution in [3.63, 3.8) is 0 Å². The molecule has 0 bridgehead atoms. The van der Waals surface area contributed by atoms with Crippen molar-refractivity contribution in [1.29, 1.82) is 0 Å². The predicted octanol–water partition coefficient (Wildman–Crippen LogP) is -4.38. The minimum Gasteiger partial charge on any atom is -0.759 e. The average molecular weight is 814 g/mol. The molecule has 57 heavy (non-hydrogen) atoms. The van der Waals surface area contributed by atoms with Crippen molar-refractivity contribution in [2.75, 3.05) is 65.4 Å². The second-order valence-corrected chi connectivity index (χ2v) is 12.8. The maximum absolute atomic E-state index is 12.7. The average Bonchev–Trinajstić information content (AvgIpc) is 3.16. The van der Waals surface area contributed by atoms with Gasteiger partial charge < -0.3 is 78.7 Å². The van der Waals surface area contributed by atoms with Crippen LogP contribution in [0.2, 0.25) is 0 Å². The second-order valence-electron chi connectivity index (χ2n) is 12.8. The Morgan fingerprint density at radius 3 is 1.51 bits per heavy atom. The van der Waals surface area contributed by atoms with E-state index in [4.69, 9.17) is 5.73 Å². The Kier molecular flexibility index (Phi) is 24.3. The number of hydroxylamine groups is 6. The fourth-order valence-corrected chi connectivity index (χ4v) is 5.23. The highest BCUT2D eigenvalue weighted by molar-refractivity contribution is 5.99. The molecule has 0 radical (unpaired) electrons. The number of hydrogen-bond donors (Lipinski definition) is 7. The molecule has 1 saturated heterocycles. The second kappa shape index (κ2) is 28.0. The monoisotopic (exact) mass is 813 g/mol. The third-order valence-corrected chi connectivity index (χ3v) is 8.19. The molecule has 25 nitrogen and oxygen atoms in total. The van der Waals surface area contributed by atoms with Crippen LogP contribution < -0.4 is 38.0 Å². The van der Waals surface area contributed by atoms with Crippen molar-refractivity contribution in [2.45, 2.75) is 76.7 Å². The van der Waals surface area contributed by atoms with Gasteiger partial charge in [0.25, 0.3) is 0 Å². The van der Waals surface area contributed by atoms with E-state index in [0.717, 1.165) is 11.0 Å². The lowest BCUT2D eigenvalue weighted by Crippen LogP contribution is -2.48. The first-order valence-corrected chi connectivity index (χ1v) is 18.2. The van der Waals surface area contributed by atoms with E-state index < -0.39 is 104 Å². The molecule has 1 heterocycles. The van der Waals surface area contributed by atoms with E-state index in [0.29, 0.717) is 19.4 Å². The van der Waals surface area contributed by atoms with Crippen LogP contribution in [0, 0.1) is 20.8 Å². The van der Waals surface area contributed by atoms with Gasteiger partial charge in [-0.2, -0.15) is 0 Å². The van der Waals surface area contributed by atoms with E-state index in [1.807, 2.05) is 0 Å². The number of unbranched alkanes of at least 4 members (excludes halogenated alkanes) is 1. The van der Waals surface area contributed by atoms with Gasteiger partial charge in [0.15, 0.2) is 0 Å². The third-order valence-electron chi connectivity index (χ3n) is 8.19. The summed E-state index contributed by atoms with van der Waals surface area (Å²) in [7, 11) is 0. The Bertz CT molecular complexity index is 1400. The van der Waals surface area contributed by atoms with E-state index in [1.54, 1.807) is 0 Å². The zero-order valence-electron chi connectivity index (χ0n) is 31.5. The molecule has 0 saturated carbocycles. The van der Waals surface area contributed by atoms with Gasteiger partial charge in [-0.15, -0.1) is 0 Å². The summed E-state index contributed by atoms with van der Waals surface area (Å²) in [6, 6.07) is -0.794. The zero-order valence-corrected chi connectivity index (χ0v) is 31.5.